The lowest BCUT2D eigenvalue weighted by atomic mass is 10.0. The number of rotatable bonds is 8. The molecule has 0 aliphatic carbocycles. The topological polar surface area (TPSA) is 79.5 Å². The van der Waals surface area contributed by atoms with E-state index in [-0.39, 0.29) is 13.2 Å². The number of ether oxygens (including phenoxy) is 3. The molecule has 2 aromatic heterocycles. The van der Waals surface area contributed by atoms with Gasteiger partial charge >= 0.3 is 0 Å². The van der Waals surface area contributed by atoms with Crippen molar-refractivity contribution in [2.75, 3.05) is 12.3 Å². The van der Waals surface area contributed by atoms with Gasteiger partial charge in [-0.3, -0.25) is 0 Å². The molecule has 170 valence electrons. The first kappa shape index (κ1) is 21.9. The zero-order chi connectivity index (χ0) is 22.6. The van der Waals surface area contributed by atoms with E-state index in [2.05, 4.69) is 9.97 Å². The summed E-state index contributed by atoms with van der Waals surface area (Å²) in [6.45, 7) is 0.917. The number of halogens is 1. The van der Waals surface area contributed by atoms with Crippen LogP contribution in [-0.4, -0.2) is 35.0 Å². The Labute approximate surface area is 195 Å². The molecule has 4 atom stereocenters. The van der Waals surface area contributed by atoms with E-state index in [9.17, 15) is 0 Å². The van der Waals surface area contributed by atoms with Gasteiger partial charge in [0, 0.05) is 5.56 Å². The van der Waals surface area contributed by atoms with Gasteiger partial charge in [0.1, 0.15) is 30.5 Å². The second-order valence-electron chi connectivity index (χ2n) is 7.93. The van der Waals surface area contributed by atoms with Gasteiger partial charge in [0.2, 0.25) is 0 Å². The van der Waals surface area contributed by atoms with Crippen LogP contribution in [0.1, 0.15) is 22.8 Å². The third-order valence-corrected chi connectivity index (χ3v) is 6.69. The molecule has 4 aromatic rings. The Balaban J connectivity index is 1.35. The first-order valence-electron chi connectivity index (χ1n) is 10.7. The maximum absolute atomic E-state index is 15.8. The highest BCUT2D eigenvalue weighted by Crippen LogP contribution is 2.42. The summed E-state index contributed by atoms with van der Waals surface area (Å²) in [5.74, 6) is 0.379. The summed E-state index contributed by atoms with van der Waals surface area (Å²) in [5, 5.41) is 1.84. The number of hydrogen-bond acceptors (Lipinski definition) is 7. The van der Waals surface area contributed by atoms with E-state index in [1.165, 1.54) is 17.7 Å². The molecule has 8 heteroatoms. The minimum atomic E-state index is -1.38. The number of alkyl halides is 1. The fourth-order valence-electron chi connectivity index (χ4n) is 4.02. The van der Waals surface area contributed by atoms with Gasteiger partial charge in [-0.25, -0.2) is 14.4 Å². The van der Waals surface area contributed by atoms with Gasteiger partial charge in [-0.2, -0.15) is 0 Å². The molecule has 1 aliphatic rings. The molecule has 0 amide bonds. The van der Waals surface area contributed by atoms with E-state index in [1.54, 1.807) is 0 Å². The molecule has 2 aromatic carbocycles. The van der Waals surface area contributed by atoms with Gasteiger partial charge in [0.05, 0.1) is 30.0 Å². The molecule has 5 rings (SSSR count). The number of fused-ring (bicyclic) bond motifs is 1. The van der Waals surface area contributed by atoms with Crippen LogP contribution in [0.2, 0.25) is 0 Å². The molecule has 0 bridgehead atoms. The minimum absolute atomic E-state index is 0.213. The van der Waals surface area contributed by atoms with E-state index < -0.39 is 24.5 Å². The van der Waals surface area contributed by atoms with Gasteiger partial charge in [0.25, 0.3) is 0 Å². The van der Waals surface area contributed by atoms with Crippen LogP contribution in [0.3, 0.4) is 0 Å². The largest absolute Gasteiger partial charge is 0.382 e. The van der Waals surface area contributed by atoms with Crippen molar-refractivity contribution >= 4 is 27.4 Å². The summed E-state index contributed by atoms with van der Waals surface area (Å²) < 4.78 is 34.6. The van der Waals surface area contributed by atoms with Crippen LogP contribution in [0.5, 0.6) is 0 Å². The maximum Gasteiger partial charge on any atom is 0.159 e. The molecule has 3 heterocycles. The van der Waals surface area contributed by atoms with Crippen molar-refractivity contribution in [3.05, 3.63) is 89.1 Å². The van der Waals surface area contributed by atoms with Crippen LogP contribution in [0, 0.1) is 0 Å². The van der Waals surface area contributed by atoms with Gasteiger partial charge in [-0.15, -0.1) is 11.3 Å². The highest BCUT2D eigenvalue weighted by atomic mass is 32.1. The molecule has 0 radical (unpaired) electrons. The Kier molecular flexibility index (Phi) is 6.59. The van der Waals surface area contributed by atoms with E-state index in [0.717, 1.165) is 15.8 Å². The zero-order valence-electron chi connectivity index (χ0n) is 17.8. The number of nitrogens with zero attached hydrogens (tertiary/aromatic N) is 2. The summed E-state index contributed by atoms with van der Waals surface area (Å²) in [6.07, 6.45) is -2.15. The number of benzene rings is 2. The summed E-state index contributed by atoms with van der Waals surface area (Å²) in [6, 6.07) is 19.5. The number of nitrogen functional groups attached to an aromatic ring is 1. The lowest BCUT2D eigenvalue weighted by Gasteiger charge is -2.20. The van der Waals surface area contributed by atoms with Crippen molar-refractivity contribution in [1.29, 1.82) is 0 Å². The minimum Gasteiger partial charge on any atom is -0.382 e. The van der Waals surface area contributed by atoms with Crippen molar-refractivity contribution in [1.82, 2.24) is 9.97 Å². The number of hydrogen-bond donors (Lipinski definition) is 1. The summed E-state index contributed by atoms with van der Waals surface area (Å²) in [4.78, 5) is 8.35. The summed E-state index contributed by atoms with van der Waals surface area (Å²) in [5.41, 5.74) is 9.27. The van der Waals surface area contributed by atoms with Crippen molar-refractivity contribution in [3.63, 3.8) is 0 Å². The predicted molar refractivity (Wildman–Crippen MR) is 125 cm³/mol. The number of anilines is 1. The Morgan fingerprint density at radius 3 is 2.39 bits per heavy atom. The van der Waals surface area contributed by atoms with Gasteiger partial charge in [-0.05, 0) is 16.5 Å². The molecular weight excluding hydrogens is 441 g/mol. The SMILES string of the molecule is Nc1ncnc2c([C@@H]3O[C@H](COCc4ccccc4)[C@@H](OCc4ccccc4)[C@H]3F)csc12. The molecular formula is C25H24FN3O3S. The van der Waals surface area contributed by atoms with E-state index >= 15 is 4.39 Å². The van der Waals surface area contributed by atoms with E-state index in [1.807, 2.05) is 66.0 Å². The smallest absolute Gasteiger partial charge is 0.159 e. The molecule has 0 spiro atoms. The lowest BCUT2D eigenvalue weighted by molar-refractivity contribution is -0.0736. The Morgan fingerprint density at radius 2 is 1.67 bits per heavy atom. The van der Waals surface area contributed by atoms with Gasteiger partial charge in [0.15, 0.2) is 6.17 Å². The average molecular weight is 466 g/mol. The first-order chi connectivity index (χ1) is 16.2. The van der Waals surface area contributed by atoms with Crippen molar-refractivity contribution in [2.24, 2.45) is 0 Å². The normalized spacial score (nSPS) is 22.7. The number of nitrogens with two attached hydrogens (primary N) is 1. The molecule has 1 fully saturated rings. The number of aromatic nitrogens is 2. The van der Waals surface area contributed by atoms with E-state index in [0.29, 0.717) is 23.5 Å². The standard InChI is InChI=1S/C25H24FN3O3S/c26-20-22(18-14-33-24-21(18)28-15-29-25(24)27)32-19(13-30-11-16-7-3-1-4-8-16)23(20)31-12-17-9-5-2-6-10-17/h1-10,14-15,19-20,22-23H,11-13H2,(H2,27,28,29)/t19-,20+,22+,23-/m1/s1. The Bertz CT molecular complexity index is 1190. The second kappa shape index (κ2) is 9.93. The Hall–Kier alpha value is -2.91. The molecule has 0 saturated carbocycles. The quantitative estimate of drug-likeness (QED) is 0.401. The Morgan fingerprint density at radius 1 is 0.970 bits per heavy atom. The second-order valence-corrected chi connectivity index (χ2v) is 8.81. The van der Waals surface area contributed by atoms with Crippen LogP contribution in [-0.2, 0) is 27.4 Å². The molecule has 1 aliphatic heterocycles. The van der Waals surface area contributed by atoms with Crippen LogP contribution in [0.25, 0.3) is 10.2 Å². The summed E-state index contributed by atoms with van der Waals surface area (Å²) in [7, 11) is 0. The van der Waals surface area contributed by atoms with Crippen LogP contribution in [0.15, 0.2) is 72.4 Å². The highest BCUT2D eigenvalue weighted by molar-refractivity contribution is 7.17. The number of thiophene rings is 1. The highest BCUT2D eigenvalue weighted by Gasteiger charge is 2.47. The maximum atomic E-state index is 15.8. The molecule has 33 heavy (non-hydrogen) atoms. The van der Waals surface area contributed by atoms with Gasteiger partial charge < -0.3 is 19.9 Å². The van der Waals surface area contributed by atoms with Crippen molar-refractivity contribution < 1.29 is 18.6 Å². The fourth-order valence-corrected chi connectivity index (χ4v) is 4.97. The molecule has 1 saturated heterocycles. The third-order valence-electron chi connectivity index (χ3n) is 5.68. The molecule has 0 unspecified atom stereocenters. The third kappa shape index (κ3) is 4.74. The van der Waals surface area contributed by atoms with Crippen LogP contribution in [0.4, 0.5) is 10.2 Å². The molecule has 2 N–H and O–H groups in total. The van der Waals surface area contributed by atoms with Gasteiger partial charge in [-0.1, -0.05) is 60.7 Å². The predicted octanol–water partition coefficient (Wildman–Crippen LogP) is 4.85. The fraction of sp³-hybridized carbons (Fsp3) is 0.280. The monoisotopic (exact) mass is 465 g/mol. The first-order valence-corrected chi connectivity index (χ1v) is 11.6. The van der Waals surface area contributed by atoms with Crippen LogP contribution >= 0.6 is 11.3 Å². The van der Waals surface area contributed by atoms with E-state index in [4.69, 9.17) is 19.9 Å². The van der Waals surface area contributed by atoms with Crippen molar-refractivity contribution in [3.8, 4) is 0 Å². The average Bonchev–Trinajstić information content (AvgIpc) is 3.41. The lowest BCUT2D eigenvalue weighted by Crippen LogP contribution is -2.34. The van der Waals surface area contributed by atoms with Crippen LogP contribution < -0.4 is 5.73 Å². The zero-order valence-corrected chi connectivity index (χ0v) is 18.7. The molecule has 6 nitrogen and oxygen atoms in total. The van der Waals surface area contributed by atoms with Crippen molar-refractivity contribution in [2.45, 2.75) is 37.7 Å². The summed E-state index contributed by atoms with van der Waals surface area (Å²) >= 11 is 1.39.